The molecule has 17 nitrogen and oxygen atoms in total. The van der Waals surface area contributed by atoms with Gasteiger partial charge in [0.15, 0.2) is 17.5 Å². The maximum absolute atomic E-state index is 12.9. The van der Waals surface area contributed by atoms with Gasteiger partial charge in [-0.25, -0.2) is 19.7 Å². The zero-order valence-electron chi connectivity index (χ0n) is 23.1. The van der Waals surface area contributed by atoms with Crippen molar-refractivity contribution in [1.29, 1.82) is 0 Å². The highest BCUT2D eigenvalue weighted by molar-refractivity contribution is 6.05. The number of nitrogens with one attached hydrogen (secondary N) is 4. The fraction of sp³-hybridized carbons (Fsp3) is 0.333. The second-order valence-corrected chi connectivity index (χ2v) is 9.16. The van der Waals surface area contributed by atoms with Gasteiger partial charge >= 0.3 is 5.97 Å². The Labute approximate surface area is 234 Å². The molecule has 0 aliphatic rings. The van der Waals surface area contributed by atoms with Crippen molar-refractivity contribution in [3.05, 3.63) is 48.2 Å². The van der Waals surface area contributed by atoms with Crippen molar-refractivity contribution in [1.82, 2.24) is 38.9 Å². The van der Waals surface area contributed by atoms with Crippen LogP contribution in [0.3, 0.4) is 0 Å². The van der Waals surface area contributed by atoms with Crippen molar-refractivity contribution >= 4 is 47.1 Å². The van der Waals surface area contributed by atoms with Gasteiger partial charge in [-0.1, -0.05) is 0 Å². The van der Waals surface area contributed by atoms with Crippen LogP contribution in [0.1, 0.15) is 38.3 Å². The first kappa shape index (κ1) is 30.2. The minimum atomic E-state index is -1.29. The molecule has 0 radical (unpaired) electrons. The molecule has 3 aromatic heterocycles. The summed E-state index contributed by atoms with van der Waals surface area (Å²) in [7, 11) is 8.60. The van der Waals surface area contributed by atoms with Crippen LogP contribution < -0.4 is 21.3 Å². The molecule has 0 spiro atoms. The second-order valence-electron chi connectivity index (χ2n) is 9.16. The fourth-order valence-corrected chi connectivity index (χ4v) is 3.55. The number of hydrogen-bond donors (Lipinski definition) is 5. The maximum Gasteiger partial charge on any atom is 0.328 e. The number of hydrogen-bond acceptors (Lipinski definition) is 9. The maximum atomic E-state index is 12.9. The molecule has 0 bridgehead atoms. The largest absolute Gasteiger partial charge is 0.478 e. The summed E-state index contributed by atoms with van der Waals surface area (Å²) in [6.07, 6.45) is 6.52. The van der Waals surface area contributed by atoms with Crippen LogP contribution in [-0.2, 0) is 30.7 Å². The lowest BCUT2D eigenvalue weighted by Crippen LogP contribution is -2.29. The Hall–Kier alpha value is -5.32. The lowest BCUT2D eigenvalue weighted by Gasteiger charge is -2.09. The van der Waals surface area contributed by atoms with Crippen LogP contribution in [0.15, 0.2) is 30.7 Å². The Bertz CT molecular complexity index is 1500. The quantitative estimate of drug-likeness (QED) is 0.141. The molecule has 0 saturated carbocycles. The first-order chi connectivity index (χ1) is 19.3. The highest BCUT2D eigenvalue weighted by Crippen LogP contribution is 2.14. The van der Waals surface area contributed by atoms with Crippen LogP contribution in [0.25, 0.3) is 0 Å². The molecule has 0 fully saturated rings. The number of aliphatic carboxylic acids is 1. The van der Waals surface area contributed by atoms with E-state index in [1.807, 2.05) is 19.0 Å². The molecule has 41 heavy (non-hydrogen) atoms. The molecule has 0 saturated heterocycles. The number of imidazole rings is 3. The van der Waals surface area contributed by atoms with Crippen molar-refractivity contribution in [2.75, 3.05) is 43.1 Å². The molecule has 0 aromatic carbocycles. The van der Waals surface area contributed by atoms with Crippen molar-refractivity contribution in [2.24, 2.45) is 21.1 Å². The lowest BCUT2D eigenvalue weighted by atomic mass is 10.4. The number of nitrogens with zero attached hydrogens (tertiary/aromatic N) is 7. The summed E-state index contributed by atoms with van der Waals surface area (Å²) in [5.41, 5.74) is 0. The van der Waals surface area contributed by atoms with E-state index in [1.165, 1.54) is 39.3 Å². The number of carbonyl (C=O) groups is 5. The van der Waals surface area contributed by atoms with E-state index in [0.29, 0.717) is 12.6 Å². The van der Waals surface area contributed by atoms with Crippen LogP contribution in [-0.4, -0.2) is 95.4 Å². The van der Waals surface area contributed by atoms with Crippen LogP contribution in [0, 0.1) is 0 Å². The average molecular weight is 570 g/mol. The molecule has 3 heterocycles. The predicted molar refractivity (Wildman–Crippen MR) is 146 cm³/mol. The molecule has 0 atom stereocenters. The third-order valence-corrected chi connectivity index (χ3v) is 5.42. The summed E-state index contributed by atoms with van der Waals surface area (Å²) in [5.74, 6) is -3.48. The Kier molecular flexibility index (Phi) is 9.70. The Balaban J connectivity index is 1.62. The van der Waals surface area contributed by atoms with Gasteiger partial charge in [-0.2, -0.15) is 0 Å². The first-order valence-corrected chi connectivity index (χ1v) is 12.2. The molecule has 0 unspecified atom stereocenters. The third kappa shape index (κ3) is 8.33. The monoisotopic (exact) mass is 569 g/mol. The standard InChI is InChI=1S/C24H31N11O6/c1-32(2)10-6-9-25-22(39)19-28-15(12-33(19)3)30-24(41)21-29-16(13-35(21)5)31-23(40)20-27-14(11-34(20)4)26-17(36)7-8-18(37)38/h7-8,11-13H,6,9-10H2,1-5H3,(H,25,39)(H,26,36)(H,30,41)(H,31,40)(H,37,38)/b8-7+. The van der Waals surface area contributed by atoms with Crippen molar-refractivity contribution in [3.8, 4) is 0 Å². The molecule has 0 aliphatic heterocycles. The van der Waals surface area contributed by atoms with E-state index in [9.17, 15) is 24.0 Å². The van der Waals surface area contributed by atoms with E-state index in [0.717, 1.165) is 19.0 Å². The highest BCUT2D eigenvalue weighted by Gasteiger charge is 2.21. The Morgan fingerprint density at radius 2 is 1.20 bits per heavy atom. The van der Waals surface area contributed by atoms with Crippen LogP contribution in [0.5, 0.6) is 0 Å². The molecule has 4 amide bonds. The lowest BCUT2D eigenvalue weighted by molar-refractivity contribution is -0.131. The van der Waals surface area contributed by atoms with E-state index in [1.54, 1.807) is 14.1 Å². The summed E-state index contributed by atoms with van der Waals surface area (Å²) >= 11 is 0. The van der Waals surface area contributed by atoms with E-state index in [4.69, 9.17) is 5.11 Å². The average Bonchev–Trinajstić information content (AvgIpc) is 3.56. The molecular formula is C24H31N11O6. The van der Waals surface area contributed by atoms with Gasteiger partial charge in [0.2, 0.25) is 23.4 Å². The number of carboxylic acids is 1. The van der Waals surface area contributed by atoms with Gasteiger partial charge in [0.25, 0.3) is 17.7 Å². The van der Waals surface area contributed by atoms with Crippen LogP contribution in [0.2, 0.25) is 0 Å². The van der Waals surface area contributed by atoms with Crippen molar-refractivity contribution in [2.45, 2.75) is 6.42 Å². The number of amides is 4. The summed E-state index contributed by atoms with van der Waals surface area (Å²) in [6.45, 7) is 1.30. The van der Waals surface area contributed by atoms with E-state index in [-0.39, 0.29) is 40.8 Å². The highest BCUT2D eigenvalue weighted by atomic mass is 16.4. The van der Waals surface area contributed by atoms with Crippen LogP contribution in [0.4, 0.5) is 17.5 Å². The molecule has 0 aliphatic carbocycles. The summed E-state index contributed by atoms with van der Waals surface area (Å²) < 4.78 is 4.23. The minimum absolute atomic E-state index is 0.0238. The topological polar surface area (TPSA) is 210 Å². The van der Waals surface area contributed by atoms with Gasteiger partial charge in [0.1, 0.15) is 0 Å². The number of carboxylic acid groups (broad SMARTS) is 1. The van der Waals surface area contributed by atoms with Gasteiger partial charge in [-0.3, -0.25) is 19.2 Å². The van der Waals surface area contributed by atoms with Gasteiger partial charge in [-0.15, -0.1) is 0 Å². The van der Waals surface area contributed by atoms with Gasteiger partial charge in [-0.05, 0) is 27.1 Å². The van der Waals surface area contributed by atoms with E-state index in [2.05, 4.69) is 36.2 Å². The van der Waals surface area contributed by atoms with Crippen molar-refractivity contribution < 1.29 is 29.1 Å². The molecule has 3 rings (SSSR count). The normalized spacial score (nSPS) is 11.1. The van der Waals surface area contributed by atoms with Gasteiger partial charge < -0.3 is 45.0 Å². The minimum Gasteiger partial charge on any atom is -0.478 e. The molecule has 5 N–H and O–H groups in total. The summed E-state index contributed by atoms with van der Waals surface area (Å²) in [6, 6.07) is 0. The summed E-state index contributed by atoms with van der Waals surface area (Å²) in [5, 5.41) is 18.9. The molecule has 17 heteroatoms. The zero-order valence-corrected chi connectivity index (χ0v) is 23.1. The number of carbonyl (C=O) groups excluding carboxylic acids is 4. The number of aromatic nitrogens is 6. The van der Waals surface area contributed by atoms with Gasteiger partial charge in [0.05, 0.1) is 0 Å². The molecule has 3 aromatic rings. The third-order valence-electron chi connectivity index (χ3n) is 5.42. The van der Waals surface area contributed by atoms with Crippen molar-refractivity contribution in [3.63, 3.8) is 0 Å². The van der Waals surface area contributed by atoms with E-state index < -0.39 is 23.7 Å². The zero-order chi connectivity index (χ0) is 30.3. The first-order valence-electron chi connectivity index (χ1n) is 12.2. The summed E-state index contributed by atoms with van der Waals surface area (Å²) in [4.78, 5) is 74.8. The number of rotatable bonds is 12. The Morgan fingerprint density at radius 3 is 1.63 bits per heavy atom. The molecule has 218 valence electrons. The Morgan fingerprint density at radius 1 is 0.756 bits per heavy atom. The number of anilines is 3. The fourth-order valence-electron chi connectivity index (χ4n) is 3.55. The smallest absolute Gasteiger partial charge is 0.328 e. The van der Waals surface area contributed by atoms with Gasteiger partial charge in [0, 0.05) is 58.4 Å². The van der Waals surface area contributed by atoms with E-state index >= 15 is 0 Å². The number of aryl methyl sites for hydroxylation is 3. The second kappa shape index (κ2) is 13.2. The predicted octanol–water partition coefficient (Wildman–Crippen LogP) is -0.347. The SMILES string of the molecule is CN(C)CCCNC(=O)c1nc(NC(=O)c2nc(NC(=O)c3nc(NC(=O)/C=C/C(=O)O)cn3C)cn2C)cn1C. The van der Waals surface area contributed by atoms with Crippen LogP contribution >= 0.6 is 0 Å². The molecular weight excluding hydrogens is 538 g/mol.